The van der Waals surface area contributed by atoms with Crippen LogP contribution in [0.5, 0.6) is 0 Å². The maximum atomic E-state index is 11.8. The van der Waals surface area contributed by atoms with Crippen LogP contribution in [0, 0.1) is 0 Å². The molecular weight excluding hydrogens is 354 g/mol. The molecule has 0 aliphatic rings. The average Bonchev–Trinajstić information content (AvgIpc) is 2.47. The maximum absolute atomic E-state index is 11.8. The van der Waals surface area contributed by atoms with E-state index in [2.05, 4.69) is 15.6 Å². The molecule has 2 amide bonds. The van der Waals surface area contributed by atoms with Gasteiger partial charge in [-0.1, -0.05) is 0 Å². The van der Waals surface area contributed by atoms with E-state index in [9.17, 15) is 19.5 Å². The van der Waals surface area contributed by atoms with E-state index in [0.29, 0.717) is 5.56 Å². The average molecular weight is 381 g/mol. The lowest BCUT2D eigenvalue weighted by Crippen LogP contribution is -2.33. The molecule has 0 saturated heterocycles. The van der Waals surface area contributed by atoms with Gasteiger partial charge in [0.1, 0.15) is 11.2 Å². The number of nitrogens with zero attached hydrogens (tertiary/aromatic N) is 1. The number of ether oxygens (including phenoxy) is 2. The molecule has 1 aromatic heterocycles. The monoisotopic (exact) mass is 381 g/mol. The van der Waals surface area contributed by atoms with Gasteiger partial charge in [-0.25, -0.2) is 14.4 Å². The van der Waals surface area contributed by atoms with Gasteiger partial charge in [-0.2, -0.15) is 0 Å². The highest BCUT2D eigenvalue weighted by molar-refractivity contribution is 5.90. The van der Waals surface area contributed by atoms with Crippen molar-refractivity contribution in [3.63, 3.8) is 0 Å². The summed E-state index contributed by atoms with van der Waals surface area (Å²) < 4.78 is 10.2. The van der Waals surface area contributed by atoms with Crippen LogP contribution in [0.4, 0.5) is 9.59 Å². The quantitative estimate of drug-likeness (QED) is 0.715. The van der Waals surface area contributed by atoms with Gasteiger partial charge < -0.3 is 25.2 Å². The number of amides is 2. The summed E-state index contributed by atoms with van der Waals surface area (Å²) in [5.41, 5.74) is -0.946. The number of alkyl carbamates (subject to hydrolysis) is 2. The highest BCUT2D eigenvalue weighted by Gasteiger charge is 2.21. The maximum Gasteiger partial charge on any atom is 0.407 e. The van der Waals surface area contributed by atoms with Gasteiger partial charge in [0.25, 0.3) is 0 Å². The molecule has 1 heterocycles. The van der Waals surface area contributed by atoms with E-state index in [0.717, 1.165) is 0 Å². The molecule has 0 unspecified atom stereocenters. The molecule has 0 aliphatic heterocycles. The minimum absolute atomic E-state index is 0.0570. The molecule has 150 valence electrons. The van der Waals surface area contributed by atoms with Crippen LogP contribution in [0.15, 0.2) is 12.3 Å². The molecule has 9 heteroatoms. The second kappa shape index (κ2) is 8.70. The van der Waals surface area contributed by atoms with E-state index in [4.69, 9.17) is 9.47 Å². The summed E-state index contributed by atoms with van der Waals surface area (Å²) in [6, 6.07) is 1.48. The van der Waals surface area contributed by atoms with Crippen LogP contribution in [0.25, 0.3) is 0 Å². The molecule has 1 aromatic rings. The van der Waals surface area contributed by atoms with Crippen LogP contribution < -0.4 is 10.6 Å². The molecule has 0 radical (unpaired) electrons. The first-order chi connectivity index (χ1) is 12.3. The molecule has 1 rings (SSSR count). The predicted octanol–water partition coefficient (Wildman–Crippen LogP) is 2.83. The number of rotatable bonds is 5. The Morgan fingerprint density at radius 3 is 1.89 bits per heavy atom. The molecular formula is C18H27N3O6. The van der Waals surface area contributed by atoms with E-state index in [1.807, 2.05) is 0 Å². The van der Waals surface area contributed by atoms with Gasteiger partial charge in [-0.15, -0.1) is 0 Å². The first-order valence-corrected chi connectivity index (χ1v) is 8.42. The molecule has 0 atom stereocenters. The summed E-state index contributed by atoms with van der Waals surface area (Å²) in [7, 11) is 0. The molecule has 0 spiro atoms. The van der Waals surface area contributed by atoms with Crippen molar-refractivity contribution in [2.24, 2.45) is 0 Å². The van der Waals surface area contributed by atoms with Crippen molar-refractivity contribution in [1.82, 2.24) is 15.6 Å². The minimum Gasteiger partial charge on any atom is -0.478 e. The Hall–Kier alpha value is -2.84. The Morgan fingerprint density at radius 2 is 1.44 bits per heavy atom. The normalized spacial score (nSPS) is 11.5. The lowest BCUT2D eigenvalue weighted by atomic mass is 10.1. The standard InChI is InChI=1S/C18H27N3O6/c1-17(2,3)26-15(24)20-9-11-7-8-19-12(13(11)14(22)23)10-21-16(25)27-18(4,5)6/h7-8H,9-10H2,1-6H3,(H,20,24)(H,21,25)(H,22,23). The fourth-order valence-corrected chi connectivity index (χ4v) is 2.04. The Bertz CT molecular complexity index is 654. The molecule has 9 nitrogen and oxygen atoms in total. The number of hydrogen-bond donors (Lipinski definition) is 3. The number of carboxylic acid groups (broad SMARTS) is 1. The third kappa shape index (κ3) is 8.39. The van der Waals surface area contributed by atoms with E-state index in [1.165, 1.54) is 12.3 Å². The molecule has 0 aliphatic carbocycles. The molecule has 3 N–H and O–H groups in total. The SMILES string of the molecule is CC(C)(C)OC(=O)NCc1ccnc(CNC(=O)OC(C)(C)C)c1C(=O)O. The molecule has 0 fully saturated rings. The number of pyridine rings is 1. The van der Waals surface area contributed by atoms with Crippen LogP contribution in [-0.4, -0.2) is 39.4 Å². The number of carbonyl (C=O) groups excluding carboxylic acids is 2. The Labute approximate surface area is 158 Å². The molecule has 27 heavy (non-hydrogen) atoms. The summed E-state index contributed by atoms with van der Waals surface area (Å²) in [6.07, 6.45) is 0.0620. The summed E-state index contributed by atoms with van der Waals surface area (Å²) >= 11 is 0. The van der Waals surface area contributed by atoms with Crippen molar-refractivity contribution >= 4 is 18.2 Å². The number of carboxylic acids is 1. The largest absolute Gasteiger partial charge is 0.478 e. The van der Waals surface area contributed by atoms with Crippen molar-refractivity contribution in [1.29, 1.82) is 0 Å². The van der Waals surface area contributed by atoms with Gasteiger partial charge >= 0.3 is 18.2 Å². The van der Waals surface area contributed by atoms with Crippen LogP contribution in [-0.2, 0) is 22.6 Å². The van der Waals surface area contributed by atoms with Gasteiger partial charge in [0, 0.05) is 12.7 Å². The third-order valence-corrected chi connectivity index (χ3v) is 2.95. The second-order valence-electron chi connectivity index (χ2n) is 7.81. The van der Waals surface area contributed by atoms with Gasteiger partial charge in [0.05, 0.1) is 17.8 Å². The highest BCUT2D eigenvalue weighted by atomic mass is 16.6. The van der Waals surface area contributed by atoms with Crippen molar-refractivity contribution in [3.8, 4) is 0 Å². The van der Waals surface area contributed by atoms with Gasteiger partial charge in [-0.3, -0.25) is 4.98 Å². The number of aromatic carboxylic acids is 1. The van der Waals surface area contributed by atoms with Gasteiger partial charge in [0.15, 0.2) is 0 Å². The zero-order valence-electron chi connectivity index (χ0n) is 16.5. The summed E-state index contributed by atoms with van der Waals surface area (Å²) in [5.74, 6) is -1.22. The predicted molar refractivity (Wildman–Crippen MR) is 97.3 cm³/mol. The van der Waals surface area contributed by atoms with Crippen LogP contribution >= 0.6 is 0 Å². The van der Waals surface area contributed by atoms with E-state index in [1.54, 1.807) is 41.5 Å². The fraction of sp³-hybridized carbons (Fsp3) is 0.556. The zero-order valence-corrected chi connectivity index (χ0v) is 16.5. The number of nitrogens with one attached hydrogen (secondary N) is 2. The molecule has 0 aromatic carbocycles. The van der Waals surface area contributed by atoms with Crippen molar-refractivity contribution < 1.29 is 29.0 Å². The van der Waals surface area contributed by atoms with Crippen molar-refractivity contribution in [3.05, 3.63) is 29.1 Å². The van der Waals surface area contributed by atoms with Crippen molar-refractivity contribution in [2.45, 2.75) is 65.8 Å². The molecule has 0 bridgehead atoms. The second-order valence-corrected chi connectivity index (χ2v) is 7.81. The number of hydrogen-bond acceptors (Lipinski definition) is 6. The lowest BCUT2D eigenvalue weighted by molar-refractivity contribution is 0.0513. The topological polar surface area (TPSA) is 127 Å². The van der Waals surface area contributed by atoms with Crippen LogP contribution in [0.3, 0.4) is 0 Å². The molecule has 0 saturated carbocycles. The number of carbonyl (C=O) groups is 3. The Balaban J connectivity index is 2.86. The fourth-order valence-electron chi connectivity index (χ4n) is 2.04. The first-order valence-electron chi connectivity index (χ1n) is 8.42. The number of aromatic nitrogens is 1. The third-order valence-electron chi connectivity index (χ3n) is 2.95. The Morgan fingerprint density at radius 1 is 0.963 bits per heavy atom. The van der Waals surface area contributed by atoms with E-state index in [-0.39, 0.29) is 24.3 Å². The van der Waals surface area contributed by atoms with Gasteiger partial charge in [0.2, 0.25) is 0 Å². The van der Waals surface area contributed by atoms with Crippen LogP contribution in [0.2, 0.25) is 0 Å². The smallest absolute Gasteiger partial charge is 0.407 e. The van der Waals surface area contributed by atoms with Crippen LogP contribution in [0.1, 0.15) is 63.2 Å². The summed E-state index contributed by atoms with van der Waals surface area (Å²) in [5, 5.41) is 14.5. The highest BCUT2D eigenvalue weighted by Crippen LogP contribution is 2.14. The Kier molecular flexibility index (Phi) is 7.15. The van der Waals surface area contributed by atoms with Gasteiger partial charge in [-0.05, 0) is 53.2 Å². The minimum atomic E-state index is -1.22. The first kappa shape index (κ1) is 22.2. The van der Waals surface area contributed by atoms with E-state index < -0.39 is 29.4 Å². The lowest BCUT2D eigenvalue weighted by Gasteiger charge is -2.20. The summed E-state index contributed by atoms with van der Waals surface area (Å²) in [4.78, 5) is 39.2. The van der Waals surface area contributed by atoms with E-state index >= 15 is 0 Å². The zero-order chi connectivity index (χ0) is 20.8. The van der Waals surface area contributed by atoms with Crippen molar-refractivity contribution in [2.75, 3.05) is 0 Å². The summed E-state index contributed by atoms with van der Waals surface area (Å²) in [6.45, 7) is 10.1.